The molecule has 4 heteroatoms. The van der Waals surface area contributed by atoms with Gasteiger partial charge in [-0.05, 0) is 40.4 Å². The maximum Gasteiger partial charge on any atom is 0.287 e. The van der Waals surface area contributed by atoms with Gasteiger partial charge in [-0.3, -0.25) is 4.79 Å². The van der Waals surface area contributed by atoms with E-state index in [2.05, 4.69) is 35.1 Å². The summed E-state index contributed by atoms with van der Waals surface area (Å²) in [6, 6.07) is 3.40. The normalized spacial score (nSPS) is 12.4. The predicted octanol–water partition coefficient (Wildman–Crippen LogP) is 3.99. The highest BCUT2D eigenvalue weighted by molar-refractivity contribution is 9.10. The molecule has 1 aromatic heterocycles. The fraction of sp³-hybridized carbons (Fsp3) is 0.615. The van der Waals surface area contributed by atoms with Crippen LogP contribution in [0.3, 0.4) is 0 Å². The molecule has 0 aliphatic rings. The highest BCUT2D eigenvalue weighted by Crippen LogP contribution is 2.15. The Kier molecular flexibility index (Phi) is 6.34. The summed E-state index contributed by atoms with van der Waals surface area (Å²) in [5, 5.41) is 2.92. The van der Waals surface area contributed by atoms with Gasteiger partial charge in [0.25, 0.3) is 5.91 Å². The van der Waals surface area contributed by atoms with Crippen molar-refractivity contribution in [3.8, 4) is 0 Å². The molecule has 0 unspecified atom stereocenters. The summed E-state index contributed by atoms with van der Waals surface area (Å²) in [5.41, 5.74) is 0. The molecule has 0 bridgehead atoms. The number of hydrogen-bond donors (Lipinski definition) is 1. The van der Waals surface area contributed by atoms with E-state index in [1.165, 1.54) is 19.3 Å². The summed E-state index contributed by atoms with van der Waals surface area (Å²) in [6.07, 6.45) is 4.70. The van der Waals surface area contributed by atoms with Crippen LogP contribution in [-0.2, 0) is 0 Å². The smallest absolute Gasteiger partial charge is 0.287 e. The molecule has 0 fully saturated rings. The molecule has 0 saturated heterocycles. The van der Waals surface area contributed by atoms with Crippen molar-refractivity contribution in [1.29, 1.82) is 0 Å². The fourth-order valence-electron chi connectivity index (χ4n) is 1.70. The van der Waals surface area contributed by atoms with Gasteiger partial charge in [0.05, 0.1) is 0 Å². The SMILES string of the molecule is CCCC[C@H](CC)CNC(=O)c1ccc(Br)o1. The lowest BCUT2D eigenvalue weighted by molar-refractivity contribution is 0.0916. The number of hydrogen-bond acceptors (Lipinski definition) is 2. The Morgan fingerprint density at radius 2 is 2.24 bits per heavy atom. The van der Waals surface area contributed by atoms with E-state index in [0.29, 0.717) is 16.3 Å². The molecule has 1 atom stereocenters. The van der Waals surface area contributed by atoms with Gasteiger partial charge >= 0.3 is 0 Å². The van der Waals surface area contributed by atoms with Crippen LogP contribution in [0.1, 0.15) is 50.1 Å². The van der Waals surface area contributed by atoms with E-state index in [4.69, 9.17) is 4.42 Å². The molecule has 0 radical (unpaired) electrons. The van der Waals surface area contributed by atoms with Gasteiger partial charge in [0.1, 0.15) is 0 Å². The number of carbonyl (C=O) groups is 1. The van der Waals surface area contributed by atoms with E-state index >= 15 is 0 Å². The first-order valence-corrected chi connectivity index (χ1v) is 7.00. The first-order valence-electron chi connectivity index (χ1n) is 6.20. The minimum atomic E-state index is -0.134. The van der Waals surface area contributed by atoms with Crippen molar-refractivity contribution < 1.29 is 9.21 Å². The average molecular weight is 302 g/mol. The molecular formula is C13H20BrNO2. The molecule has 1 aromatic rings. The standard InChI is InChI=1S/C13H20BrNO2/c1-3-5-6-10(4-2)9-15-13(16)11-7-8-12(14)17-11/h7-8,10H,3-6,9H2,1-2H3,(H,15,16)/t10-/m0/s1. The number of nitrogens with one attached hydrogen (secondary N) is 1. The molecule has 17 heavy (non-hydrogen) atoms. The van der Waals surface area contributed by atoms with Gasteiger partial charge in [-0.15, -0.1) is 0 Å². The van der Waals surface area contributed by atoms with Crippen LogP contribution < -0.4 is 5.32 Å². The third-order valence-electron chi connectivity index (χ3n) is 2.89. The average Bonchev–Trinajstić information content (AvgIpc) is 2.76. The molecule has 1 N–H and O–H groups in total. The first-order chi connectivity index (χ1) is 8.17. The van der Waals surface area contributed by atoms with E-state index < -0.39 is 0 Å². The van der Waals surface area contributed by atoms with Crippen molar-refractivity contribution >= 4 is 21.8 Å². The summed E-state index contributed by atoms with van der Waals surface area (Å²) in [4.78, 5) is 11.7. The zero-order chi connectivity index (χ0) is 12.7. The van der Waals surface area contributed by atoms with Gasteiger partial charge < -0.3 is 9.73 Å². The van der Waals surface area contributed by atoms with Crippen LogP contribution in [0.15, 0.2) is 21.2 Å². The lowest BCUT2D eigenvalue weighted by Gasteiger charge is -2.14. The lowest BCUT2D eigenvalue weighted by Crippen LogP contribution is -2.28. The van der Waals surface area contributed by atoms with Gasteiger partial charge in [-0.1, -0.05) is 33.1 Å². The van der Waals surface area contributed by atoms with Crippen molar-refractivity contribution in [1.82, 2.24) is 5.32 Å². The molecule has 1 amide bonds. The molecule has 3 nitrogen and oxygen atoms in total. The molecule has 0 aliphatic heterocycles. The Bertz CT molecular complexity index is 349. The molecule has 0 saturated carbocycles. The Morgan fingerprint density at radius 1 is 1.47 bits per heavy atom. The van der Waals surface area contributed by atoms with E-state index in [-0.39, 0.29) is 5.91 Å². The van der Waals surface area contributed by atoms with Crippen molar-refractivity contribution in [2.24, 2.45) is 5.92 Å². The van der Waals surface area contributed by atoms with Crippen molar-refractivity contribution in [2.45, 2.75) is 39.5 Å². The van der Waals surface area contributed by atoms with Gasteiger partial charge in [-0.2, -0.15) is 0 Å². The van der Waals surface area contributed by atoms with Crippen LogP contribution >= 0.6 is 15.9 Å². The second kappa shape index (κ2) is 7.54. The van der Waals surface area contributed by atoms with Crippen LogP contribution in [-0.4, -0.2) is 12.5 Å². The molecule has 0 spiro atoms. The van der Waals surface area contributed by atoms with Gasteiger partial charge in [0.2, 0.25) is 0 Å². The fourth-order valence-corrected chi connectivity index (χ4v) is 2.01. The predicted molar refractivity (Wildman–Crippen MR) is 72.0 cm³/mol. The number of halogens is 1. The van der Waals surface area contributed by atoms with Gasteiger partial charge in [0, 0.05) is 6.54 Å². The molecule has 1 heterocycles. The zero-order valence-electron chi connectivity index (χ0n) is 10.5. The van der Waals surface area contributed by atoms with Crippen molar-refractivity contribution in [3.05, 3.63) is 22.6 Å². The molecule has 0 aliphatic carbocycles. The zero-order valence-corrected chi connectivity index (χ0v) is 12.0. The largest absolute Gasteiger partial charge is 0.444 e. The van der Waals surface area contributed by atoms with Crippen LogP contribution in [0.4, 0.5) is 0 Å². The Morgan fingerprint density at radius 3 is 2.76 bits per heavy atom. The quantitative estimate of drug-likeness (QED) is 0.827. The van der Waals surface area contributed by atoms with Gasteiger partial charge in [0.15, 0.2) is 10.4 Å². The second-order valence-corrected chi connectivity index (χ2v) is 5.01. The number of unbranched alkanes of at least 4 members (excludes halogenated alkanes) is 1. The van der Waals surface area contributed by atoms with E-state index in [9.17, 15) is 4.79 Å². The van der Waals surface area contributed by atoms with Crippen LogP contribution in [0, 0.1) is 5.92 Å². The highest BCUT2D eigenvalue weighted by Gasteiger charge is 2.12. The van der Waals surface area contributed by atoms with Crippen LogP contribution in [0.25, 0.3) is 0 Å². The number of carbonyl (C=O) groups excluding carboxylic acids is 1. The summed E-state index contributed by atoms with van der Waals surface area (Å²) in [7, 11) is 0. The van der Waals surface area contributed by atoms with Crippen molar-refractivity contribution in [3.63, 3.8) is 0 Å². The maximum atomic E-state index is 11.7. The van der Waals surface area contributed by atoms with Crippen LogP contribution in [0.5, 0.6) is 0 Å². The van der Waals surface area contributed by atoms with Gasteiger partial charge in [-0.25, -0.2) is 0 Å². The van der Waals surface area contributed by atoms with Crippen molar-refractivity contribution in [2.75, 3.05) is 6.54 Å². The summed E-state index contributed by atoms with van der Waals surface area (Å²) < 4.78 is 5.78. The number of rotatable bonds is 7. The minimum absolute atomic E-state index is 0.134. The van der Waals surface area contributed by atoms with E-state index in [1.54, 1.807) is 12.1 Å². The summed E-state index contributed by atoms with van der Waals surface area (Å²) >= 11 is 3.18. The second-order valence-electron chi connectivity index (χ2n) is 4.23. The third-order valence-corrected chi connectivity index (χ3v) is 3.32. The third kappa shape index (κ3) is 4.94. The van der Waals surface area contributed by atoms with E-state index in [1.807, 2.05) is 0 Å². The molecule has 1 rings (SSSR count). The first kappa shape index (κ1) is 14.3. The Balaban J connectivity index is 2.36. The topological polar surface area (TPSA) is 42.2 Å². The summed E-state index contributed by atoms with van der Waals surface area (Å²) in [6.45, 7) is 5.08. The molecular weight excluding hydrogens is 282 g/mol. The van der Waals surface area contributed by atoms with E-state index in [0.717, 1.165) is 13.0 Å². The highest BCUT2D eigenvalue weighted by atomic mass is 79.9. The monoisotopic (exact) mass is 301 g/mol. The molecule has 0 aromatic carbocycles. The Labute approximate surface area is 111 Å². The maximum absolute atomic E-state index is 11.7. The lowest BCUT2D eigenvalue weighted by atomic mass is 9.99. The minimum Gasteiger partial charge on any atom is -0.444 e. The Hall–Kier alpha value is -0.770. The summed E-state index contributed by atoms with van der Waals surface area (Å²) in [5.74, 6) is 0.796. The number of furan rings is 1. The molecule has 96 valence electrons. The van der Waals surface area contributed by atoms with Crippen LogP contribution in [0.2, 0.25) is 0 Å². The number of amides is 1.